The van der Waals surface area contributed by atoms with Crippen LogP contribution in [0.2, 0.25) is 0 Å². The molecule has 0 aliphatic heterocycles. The molecule has 5 heteroatoms. The van der Waals surface area contributed by atoms with Gasteiger partial charge in [-0.2, -0.15) is 12.6 Å². The van der Waals surface area contributed by atoms with E-state index in [1.807, 2.05) is 34.6 Å². The molecule has 1 atom stereocenters. The molecular weight excluding hydrogens is 326 g/mol. The van der Waals surface area contributed by atoms with Gasteiger partial charge < -0.3 is 0 Å². The fourth-order valence-corrected chi connectivity index (χ4v) is 4.72. The van der Waals surface area contributed by atoms with Crippen molar-refractivity contribution >= 4 is 22.7 Å². The van der Waals surface area contributed by atoms with Crippen LogP contribution >= 0.6 is 12.6 Å². The van der Waals surface area contributed by atoms with Gasteiger partial charge in [0, 0.05) is 11.8 Å². The van der Waals surface area contributed by atoms with Crippen LogP contribution in [0.1, 0.15) is 82.9 Å². The largest absolute Gasteiger partial charge is 0.241 e. The van der Waals surface area contributed by atoms with Crippen molar-refractivity contribution in [3.63, 3.8) is 0 Å². The van der Waals surface area contributed by atoms with E-state index in [-0.39, 0.29) is 17.9 Å². The van der Waals surface area contributed by atoms with Crippen molar-refractivity contribution in [2.45, 2.75) is 77.2 Å². The lowest BCUT2D eigenvalue weighted by Gasteiger charge is -2.24. The SMILES string of the molecule is CC(CS)NS(=O)(=O)c1c(C(C)C)cc(C(C)C)cc1C(C)C. The normalized spacial score (nSPS) is 14.0. The summed E-state index contributed by atoms with van der Waals surface area (Å²) < 4.78 is 28.7. The van der Waals surface area contributed by atoms with Gasteiger partial charge in [0.1, 0.15) is 0 Å². The number of nitrogens with one attached hydrogen (secondary N) is 1. The molecule has 0 saturated heterocycles. The van der Waals surface area contributed by atoms with Gasteiger partial charge in [0.15, 0.2) is 0 Å². The maximum Gasteiger partial charge on any atom is 0.241 e. The van der Waals surface area contributed by atoms with Crippen LogP contribution in [0.25, 0.3) is 0 Å². The molecule has 0 bridgehead atoms. The third-order valence-corrected chi connectivity index (χ3v) is 6.25. The van der Waals surface area contributed by atoms with E-state index in [1.54, 1.807) is 0 Å². The first-order chi connectivity index (χ1) is 10.5. The molecule has 0 heterocycles. The molecule has 0 fully saturated rings. The Morgan fingerprint density at radius 1 is 0.913 bits per heavy atom. The summed E-state index contributed by atoms with van der Waals surface area (Å²) in [4.78, 5) is 0.459. The maximum absolute atomic E-state index is 13.0. The van der Waals surface area contributed by atoms with Crippen LogP contribution in [0.15, 0.2) is 17.0 Å². The predicted octanol–water partition coefficient (Wildman–Crippen LogP) is 4.65. The zero-order chi connectivity index (χ0) is 17.9. The Balaban J connectivity index is 3.68. The molecule has 3 nitrogen and oxygen atoms in total. The van der Waals surface area contributed by atoms with E-state index in [4.69, 9.17) is 0 Å². The zero-order valence-electron chi connectivity index (χ0n) is 15.3. The third kappa shape index (κ3) is 4.97. The minimum Gasteiger partial charge on any atom is -0.208 e. The highest BCUT2D eigenvalue weighted by Gasteiger charge is 2.27. The molecule has 0 spiro atoms. The van der Waals surface area contributed by atoms with Crippen molar-refractivity contribution in [3.05, 3.63) is 28.8 Å². The second kappa shape index (κ2) is 8.04. The summed E-state index contributed by atoms with van der Waals surface area (Å²) in [7, 11) is -3.56. The molecule has 0 saturated carbocycles. The highest BCUT2D eigenvalue weighted by molar-refractivity contribution is 7.89. The lowest BCUT2D eigenvalue weighted by molar-refractivity contribution is 0.566. The van der Waals surface area contributed by atoms with Crippen LogP contribution < -0.4 is 4.72 Å². The molecule has 0 amide bonds. The van der Waals surface area contributed by atoms with E-state index in [1.165, 1.54) is 5.56 Å². The average molecular weight is 358 g/mol. The summed E-state index contributed by atoms with van der Waals surface area (Å²) in [6.07, 6.45) is 0. The fourth-order valence-electron chi connectivity index (χ4n) is 2.56. The Kier molecular flexibility index (Phi) is 7.17. The Morgan fingerprint density at radius 2 is 1.35 bits per heavy atom. The van der Waals surface area contributed by atoms with Crippen molar-refractivity contribution < 1.29 is 8.42 Å². The highest BCUT2D eigenvalue weighted by atomic mass is 32.2. The smallest absolute Gasteiger partial charge is 0.208 e. The Hall–Kier alpha value is -0.520. The molecule has 23 heavy (non-hydrogen) atoms. The van der Waals surface area contributed by atoms with Crippen molar-refractivity contribution in [3.8, 4) is 0 Å². The lowest BCUT2D eigenvalue weighted by Crippen LogP contribution is -2.35. The molecule has 0 aromatic heterocycles. The van der Waals surface area contributed by atoms with Crippen molar-refractivity contribution in [2.75, 3.05) is 5.75 Å². The second-order valence-electron chi connectivity index (χ2n) is 7.20. The summed E-state index contributed by atoms with van der Waals surface area (Å²) in [5.74, 6) is 1.12. The maximum atomic E-state index is 13.0. The van der Waals surface area contributed by atoms with Gasteiger partial charge in [-0.25, -0.2) is 13.1 Å². The number of rotatable bonds is 7. The van der Waals surface area contributed by atoms with E-state index >= 15 is 0 Å². The highest BCUT2D eigenvalue weighted by Crippen LogP contribution is 2.35. The predicted molar refractivity (Wildman–Crippen MR) is 102 cm³/mol. The first kappa shape index (κ1) is 20.5. The monoisotopic (exact) mass is 357 g/mol. The van der Waals surface area contributed by atoms with Crippen molar-refractivity contribution in [2.24, 2.45) is 0 Å². The topological polar surface area (TPSA) is 46.2 Å². The molecule has 0 aliphatic rings. The molecule has 1 aromatic carbocycles. The van der Waals surface area contributed by atoms with Gasteiger partial charge in [-0.3, -0.25) is 0 Å². The number of sulfonamides is 1. The summed E-state index contributed by atoms with van der Waals surface area (Å²) in [6.45, 7) is 14.3. The Bertz CT molecular complexity index is 605. The van der Waals surface area contributed by atoms with Gasteiger partial charge in [0.2, 0.25) is 10.0 Å². The van der Waals surface area contributed by atoms with Gasteiger partial charge >= 0.3 is 0 Å². The van der Waals surface area contributed by atoms with Crippen LogP contribution in [-0.4, -0.2) is 20.2 Å². The first-order valence-corrected chi connectivity index (χ1v) is 10.4. The van der Waals surface area contributed by atoms with Crippen LogP contribution in [-0.2, 0) is 10.0 Å². The minimum absolute atomic E-state index is 0.143. The van der Waals surface area contributed by atoms with Gasteiger partial charge in [-0.1, -0.05) is 53.7 Å². The van der Waals surface area contributed by atoms with Gasteiger partial charge in [-0.15, -0.1) is 0 Å². The van der Waals surface area contributed by atoms with Gasteiger partial charge in [0.05, 0.1) is 4.90 Å². The van der Waals surface area contributed by atoms with E-state index in [9.17, 15) is 8.42 Å². The summed E-state index contributed by atoms with van der Waals surface area (Å²) in [6, 6.07) is 3.91. The van der Waals surface area contributed by atoms with Crippen LogP contribution in [0.5, 0.6) is 0 Å². The molecule has 1 N–H and O–H groups in total. The molecule has 1 aromatic rings. The Morgan fingerprint density at radius 3 is 1.65 bits per heavy atom. The first-order valence-electron chi connectivity index (χ1n) is 8.32. The Labute approximate surface area is 147 Å². The number of hydrogen-bond donors (Lipinski definition) is 2. The van der Waals surface area contributed by atoms with E-state index in [0.29, 0.717) is 16.6 Å². The van der Waals surface area contributed by atoms with E-state index < -0.39 is 10.0 Å². The standard InChI is InChI=1S/C18H31NO2S2/c1-11(2)15-8-16(12(3)4)18(17(9-15)13(5)6)23(20,21)19-14(7)10-22/h8-9,11-14,19,22H,10H2,1-7H3. The quantitative estimate of drug-likeness (QED) is 0.698. The molecule has 0 radical (unpaired) electrons. The molecular formula is C18H31NO2S2. The average Bonchev–Trinajstić information content (AvgIpc) is 2.44. The summed E-state index contributed by atoms with van der Waals surface area (Å²) in [5.41, 5.74) is 3.00. The number of hydrogen-bond acceptors (Lipinski definition) is 3. The minimum atomic E-state index is -3.56. The summed E-state index contributed by atoms with van der Waals surface area (Å²) >= 11 is 4.19. The molecule has 132 valence electrons. The van der Waals surface area contributed by atoms with Gasteiger partial charge in [-0.05, 0) is 41.4 Å². The van der Waals surface area contributed by atoms with Crippen molar-refractivity contribution in [1.29, 1.82) is 0 Å². The van der Waals surface area contributed by atoms with Crippen LogP contribution in [0, 0.1) is 0 Å². The number of thiol groups is 1. The van der Waals surface area contributed by atoms with Crippen LogP contribution in [0.3, 0.4) is 0 Å². The number of benzene rings is 1. The molecule has 1 rings (SSSR count). The molecule has 0 aliphatic carbocycles. The molecule has 1 unspecified atom stereocenters. The van der Waals surface area contributed by atoms with Gasteiger partial charge in [0.25, 0.3) is 0 Å². The fraction of sp³-hybridized carbons (Fsp3) is 0.667. The van der Waals surface area contributed by atoms with Crippen LogP contribution in [0.4, 0.5) is 0 Å². The van der Waals surface area contributed by atoms with E-state index in [0.717, 1.165) is 11.1 Å². The van der Waals surface area contributed by atoms with E-state index in [2.05, 4.69) is 43.3 Å². The van der Waals surface area contributed by atoms with Crippen molar-refractivity contribution in [1.82, 2.24) is 4.72 Å². The zero-order valence-corrected chi connectivity index (χ0v) is 17.1. The lowest BCUT2D eigenvalue weighted by atomic mass is 9.89. The second-order valence-corrected chi connectivity index (χ2v) is 9.21. The summed E-state index contributed by atoms with van der Waals surface area (Å²) in [5, 5.41) is 0. The third-order valence-electron chi connectivity index (χ3n) is 3.98.